The van der Waals surface area contributed by atoms with Gasteiger partial charge in [0.1, 0.15) is 18.3 Å². The number of rotatable bonds is 6. The molecule has 26 heavy (non-hydrogen) atoms. The molecule has 0 aliphatic carbocycles. The van der Waals surface area contributed by atoms with E-state index in [9.17, 15) is 5.11 Å². The molecule has 1 N–H and O–H groups in total. The Hall–Kier alpha value is -2.47. The maximum absolute atomic E-state index is 10.6. The summed E-state index contributed by atoms with van der Waals surface area (Å²) in [7, 11) is 0. The van der Waals surface area contributed by atoms with Crippen molar-refractivity contribution < 1.29 is 14.6 Å². The molecule has 0 amide bonds. The Bertz CT molecular complexity index is 820. The van der Waals surface area contributed by atoms with Crippen molar-refractivity contribution in [2.75, 3.05) is 0 Å². The third-order valence-electron chi connectivity index (χ3n) is 4.66. The standard InChI is InChI=1S/C21H22N2O3/c24-19-12-23-15-22-11-18(23)20(25-13-16-7-3-1-4-8-16)21(19)26-14-17-9-5-2-6-10-17/h1-11,15,19-21,24H,12-14H2/t19-,20+,21-/m0/s1. The zero-order chi connectivity index (χ0) is 17.8. The Morgan fingerprint density at radius 1 is 0.923 bits per heavy atom. The summed E-state index contributed by atoms with van der Waals surface area (Å²) in [5.74, 6) is 0. The minimum absolute atomic E-state index is 0.370. The van der Waals surface area contributed by atoms with Crippen LogP contribution in [0.4, 0.5) is 0 Å². The largest absolute Gasteiger partial charge is 0.388 e. The van der Waals surface area contributed by atoms with Gasteiger partial charge in [-0.25, -0.2) is 4.98 Å². The van der Waals surface area contributed by atoms with Gasteiger partial charge in [0.15, 0.2) is 0 Å². The van der Waals surface area contributed by atoms with Gasteiger partial charge >= 0.3 is 0 Å². The van der Waals surface area contributed by atoms with Crippen LogP contribution in [0.5, 0.6) is 0 Å². The molecular weight excluding hydrogens is 328 g/mol. The van der Waals surface area contributed by atoms with Crippen molar-refractivity contribution in [3.8, 4) is 0 Å². The summed E-state index contributed by atoms with van der Waals surface area (Å²) in [6.45, 7) is 1.34. The molecule has 0 saturated heterocycles. The van der Waals surface area contributed by atoms with Crippen LogP contribution in [0.3, 0.4) is 0 Å². The van der Waals surface area contributed by atoms with Gasteiger partial charge in [-0.1, -0.05) is 60.7 Å². The first-order chi connectivity index (χ1) is 12.8. The van der Waals surface area contributed by atoms with E-state index < -0.39 is 12.2 Å². The number of hydrogen-bond donors (Lipinski definition) is 1. The molecule has 5 heteroatoms. The number of aliphatic hydroxyl groups is 1. The molecule has 0 radical (unpaired) electrons. The first-order valence-corrected chi connectivity index (χ1v) is 8.80. The molecule has 5 nitrogen and oxygen atoms in total. The Balaban J connectivity index is 1.51. The lowest BCUT2D eigenvalue weighted by Gasteiger charge is -2.36. The van der Waals surface area contributed by atoms with Crippen LogP contribution in [0.1, 0.15) is 22.9 Å². The Morgan fingerprint density at radius 3 is 2.19 bits per heavy atom. The zero-order valence-electron chi connectivity index (χ0n) is 14.4. The van der Waals surface area contributed by atoms with E-state index in [2.05, 4.69) is 4.98 Å². The fourth-order valence-electron chi connectivity index (χ4n) is 3.30. The second-order valence-electron chi connectivity index (χ2n) is 6.52. The van der Waals surface area contributed by atoms with Gasteiger partial charge in [0.05, 0.1) is 38.0 Å². The first-order valence-electron chi connectivity index (χ1n) is 8.80. The normalized spacial score (nSPS) is 22.1. The third kappa shape index (κ3) is 3.70. The number of fused-ring (bicyclic) bond motifs is 1. The summed E-state index contributed by atoms with van der Waals surface area (Å²) in [6.07, 6.45) is 2.06. The van der Waals surface area contributed by atoms with Crippen LogP contribution in [-0.2, 0) is 29.2 Å². The molecule has 0 saturated carbocycles. The topological polar surface area (TPSA) is 56.5 Å². The Labute approximate surface area is 152 Å². The van der Waals surface area contributed by atoms with Crippen LogP contribution < -0.4 is 0 Å². The van der Waals surface area contributed by atoms with E-state index >= 15 is 0 Å². The zero-order valence-corrected chi connectivity index (χ0v) is 14.4. The van der Waals surface area contributed by atoms with Gasteiger partial charge in [0.2, 0.25) is 0 Å². The van der Waals surface area contributed by atoms with Gasteiger partial charge < -0.3 is 19.1 Å². The van der Waals surface area contributed by atoms with E-state index in [4.69, 9.17) is 9.47 Å². The summed E-state index contributed by atoms with van der Waals surface area (Å²) in [4.78, 5) is 4.21. The number of aromatic nitrogens is 2. The van der Waals surface area contributed by atoms with Crippen molar-refractivity contribution >= 4 is 0 Å². The van der Waals surface area contributed by atoms with Crippen molar-refractivity contribution in [3.05, 3.63) is 90.0 Å². The van der Waals surface area contributed by atoms with Gasteiger partial charge in [-0.3, -0.25) is 0 Å². The molecule has 3 atom stereocenters. The Morgan fingerprint density at radius 2 is 1.54 bits per heavy atom. The molecule has 0 spiro atoms. The van der Waals surface area contributed by atoms with Crippen LogP contribution in [0.2, 0.25) is 0 Å². The third-order valence-corrected chi connectivity index (χ3v) is 4.66. The molecule has 1 aromatic heterocycles. The van der Waals surface area contributed by atoms with Crippen LogP contribution in [0.25, 0.3) is 0 Å². The second-order valence-corrected chi connectivity index (χ2v) is 6.52. The smallest absolute Gasteiger partial charge is 0.128 e. The summed E-state index contributed by atoms with van der Waals surface area (Å²) in [5, 5.41) is 10.6. The lowest BCUT2D eigenvalue weighted by atomic mass is 10.0. The van der Waals surface area contributed by atoms with Crippen molar-refractivity contribution in [1.29, 1.82) is 0 Å². The average Bonchev–Trinajstić information content (AvgIpc) is 3.14. The molecule has 1 aliphatic rings. The minimum atomic E-state index is -0.652. The summed E-state index contributed by atoms with van der Waals surface area (Å²) >= 11 is 0. The highest BCUT2D eigenvalue weighted by molar-refractivity contribution is 5.16. The monoisotopic (exact) mass is 350 g/mol. The maximum Gasteiger partial charge on any atom is 0.128 e. The van der Waals surface area contributed by atoms with E-state index in [1.807, 2.05) is 65.2 Å². The van der Waals surface area contributed by atoms with Crippen molar-refractivity contribution in [2.45, 2.75) is 38.1 Å². The highest BCUT2D eigenvalue weighted by Gasteiger charge is 2.38. The molecule has 0 unspecified atom stereocenters. The number of nitrogens with zero attached hydrogens (tertiary/aromatic N) is 2. The summed E-state index contributed by atoms with van der Waals surface area (Å²) in [6, 6.07) is 20.0. The SMILES string of the molecule is O[C@H]1Cn2cncc2[C@@H](OCc2ccccc2)[C@H]1OCc1ccccc1. The van der Waals surface area contributed by atoms with Crippen LogP contribution in [-0.4, -0.2) is 26.9 Å². The number of hydrogen-bond acceptors (Lipinski definition) is 4. The number of ether oxygens (including phenoxy) is 2. The van der Waals surface area contributed by atoms with Crippen LogP contribution in [0.15, 0.2) is 73.2 Å². The van der Waals surface area contributed by atoms with Crippen LogP contribution in [0, 0.1) is 0 Å². The van der Waals surface area contributed by atoms with Gasteiger partial charge in [0.25, 0.3) is 0 Å². The van der Waals surface area contributed by atoms with Gasteiger partial charge in [-0.15, -0.1) is 0 Å². The van der Waals surface area contributed by atoms with Gasteiger partial charge in [-0.2, -0.15) is 0 Å². The predicted molar refractivity (Wildman–Crippen MR) is 97.2 cm³/mol. The molecule has 134 valence electrons. The number of imidazole rings is 1. The highest BCUT2D eigenvalue weighted by Crippen LogP contribution is 2.32. The van der Waals surface area contributed by atoms with Gasteiger partial charge in [-0.05, 0) is 11.1 Å². The fraction of sp³-hybridized carbons (Fsp3) is 0.286. The van der Waals surface area contributed by atoms with Crippen molar-refractivity contribution in [3.63, 3.8) is 0 Å². The molecule has 3 aromatic rings. The summed E-state index contributed by atoms with van der Waals surface area (Å²) < 4.78 is 14.2. The molecule has 2 aromatic carbocycles. The predicted octanol–water partition coefficient (Wildman–Crippen LogP) is 3.10. The maximum atomic E-state index is 10.6. The fourth-order valence-corrected chi connectivity index (χ4v) is 3.30. The van der Waals surface area contributed by atoms with E-state index in [1.165, 1.54) is 0 Å². The Kier molecular flexibility index (Phi) is 5.11. The van der Waals surface area contributed by atoms with E-state index in [0.29, 0.717) is 19.8 Å². The molecule has 1 aliphatic heterocycles. The number of benzene rings is 2. The van der Waals surface area contributed by atoms with Crippen LogP contribution >= 0.6 is 0 Å². The quantitative estimate of drug-likeness (QED) is 0.742. The molecular formula is C21H22N2O3. The average molecular weight is 350 g/mol. The minimum Gasteiger partial charge on any atom is -0.388 e. The highest BCUT2D eigenvalue weighted by atomic mass is 16.5. The number of aliphatic hydroxyl groups excluding tert-OH is 1. The molecule has 0 fully saturated rings. The van der Waals surface area contributed by atoms with E-state index in [1.54, 1.807) is 12.5 Å². The van der Waals surface area contributed by atoms with Crippen molar-refractivity contribution in [1.82, 2.24) is 9.55 Å². The van der Waals surface area contributed by atoms with Gasteiger partial charge in [0, 0.05) is 0 Å². The lowest BCUT2D eigenvalue weighted by Crippen LogP contribution is -2.43. The molecule has 2 heterocycles. The lowest BCUT2D eigenvalue weighted by molar-refractivity contribution is -0.151. The first kappa shape index (κ1) is 17.0. The summed E-state index contributed by atoms with van der Waals surface area (Å²) in [5.41, 5.74) is 3.09. The molecule has 0 bridgehead atoms. The second kappa shape index (κ2) is 7.83. The van der Waals surface area contributed by atoms with E-state index in [0.717, 1.165) is 16.8 Å². The van der Waals surface area contributed by atoms with Crippen molar-refractivity contribution in [2.24, 2.45) is 0 Å². The molecule has 4 rings (SSSR count). The van der Waals surface area contributed by atoms with E-state index in [-0.39, 0.29) is 6.10 Å².